The Morgan fingerprint density at radius 1 is 1.19 bits per heavy atom. The molecule has 0 spiro atoms. The molecule has 8 heteroatoms. The minimum absolute atomic E-state index is 0.125. The van der Waals surface area contributed by atoms with Crippen LogP contribution in [0.25, 0.3) is 0 Å². The smallest absolute Gasteiger partial charge is 0.288 e. The van der Waals surface area contributed by atoms with E-state index in [2.05, 4.69) is 5.32 Å². The molecular formula is C13H7ClF2N2O3. The first-order chi connectivity index (χ1) is 9.88. The normalized spacial score (nSPS) is 10.2. The highest BCUT2D eigenvalue weighted by atomic mass is 35.5. The number of nitrogens with zero attached hydrogens (tertiary/aromatic N) is 1. The van der Waals surface area contributed by atoms with Crippen molar-refractivity contribution in [1.82, 2.24) is 0 Å². The average molecular weight is 313 g/mol. The summed E-state index contributed by atoms with van der Waals surface area (Å²) in [5.41, 5.74) is -0.731. The lowest BCUT2D eigenvalue weighted by molar-refractivity contribution is -0.384. The van der Waals surface area contributed by atoms with E-state index in [9.17, 15) is 23.7 Å². The van der Waals surface area contributed by atoms with Crippen molar-refractivity contribution in [1.29, 1.82) is 0 Å². The number of nitro benzene ring substituents is 1. The summed E-state index contributed by atoms with van der Waals surface area (Å²) in [5, 5.41) is 12.6. The number of amides is 1. The molecule has 0 aliphatic rings. The Kier molecular flexibility index (Phi) is 4.13. The van der Waals surface area contributed by atoms with Gasteiger partial charge in [-0.15, -0.1) is 0 Å². The third-order valence-electron chi connectivity index (χ3n) is 2.54. The van der Waals surface area contributed by atoms with Crippen LogP contribution in [-0.4, -0.2) is 10.8 Å². The van der Waals surface area contributed by atoms with Crippen molar-refractivity contribution in [3.63, 3.8) is 0 Å². The summed E-state index contributed by atoms with van der Waals surface area (Å²) in [4.78, 5) is 22.0. The number of hydrogen-bond acceptors (Lipinski definition) is 3. The van der Waals surface area contributed by atoms with Gasteiger partial charge in [-0.3, -0.25) is 14.9 Å². The fraction of sp³-hybridized carbons (Fsp3) is 0. The zero-order chi connectivity index (χ0) is 15.6. The van der Waals surface area contributed by atoms with E-state index in [1.165, 1.54) is 12.1 Å². The van der Waals surface area contributed by atoms with E-state index in [1.54, 1.807) is 0 Å². The molecule has 1 amide bonds. The predicted octanol–water partition coefficient (Wildman–Crippen LogP) is 3.78. The molecule has 0 unspecified atom stereocenters. The lowest BCUT2D eigenvalue weighted by Gasteiger charge is -2.07. The molecule has 0 aromatic heterocycles. The maximum Gasteiger partial charge on any atom is 0.288 e. The molecule has 0 radical (unpaired) electrons. The number of benzene rings is 2. The molecule has 5 nitrogen and oxygen atoms in total. The number of nitrogens with one attached hydrogen (secondary N) is 1. The van der Waals surface area contributed by atoms with Gasteiger partial charge in [0.15, 0.2) is 0 Å². The Balaban J connectivity index is 2.33. The SMILES string of the molecule is O=C(Nc1cc(F)cc(F)c1)c1cccc([N+](=O)[O-])c1Cl. The van der Waals surface area contributed by atoms with Gasteiger partial charge in [0.25, 0.3) is 11.6 Å². The number of carbonyl (C=O) groups is 1. The molecule has 0 saturated heterocycles. The van der Waals surface area contributed by atoms with Crippen molar-refractivity contribution in [2.24, 2.45) is 0 Å². The third-order valence-corrected chi connectivity index (χ3v) is 2.94. The van der Waals surface area contributed by atoms with E-state index in [0.717, 1.165) is 18.2 Å². The average Bonchev–Trinajstić information content (AvgIpc) is 2.37. The first-order valence-corrected chi connectivity index (χ1v) is 5.96. The lowest BCUT2D eigenvalue weighted by Crippen LogP contribution is -2.13. The fourth-order valence-electron chi connectivity index (χ4n) is 1.66. The van der Waals surface area contributed by atoms with Crippen molar-refractivity contribution in [2.45, 2.75) is 0 Å². The predicted molar refractivity (Wildman–Crippen MR) is 72.4 cm³/mol. The van der Waals surface area contributed by atoms with Crippen LogP contribution < -0.4 is 5.32 Å². The number of anilines is 1. The van der Waals surface area contributed by atoms with Crippen molar-refractivity contribution in [2.75, 3.05) is 5.32 Å². The summed E-state index contributed by atoms with van der Waals surface area (Å²) in [7, 11) is 0. The van der Waals surface area contributed by atoms with E-state index < -0.39 is 28.2 Å². The van der Waals surface area contributed by atoms with Gasteiger partial charge < -0.3 is 5.32 Å². The van der Waals surface area contributed by atoms with Crippen LogP contribution in [0.15, 0.2) is 36.4 Å². The molecule has 108 valence electrons. The van der Waals surface area contributed by atoms with Gasteiger partial charge in [-0.25, -0.2) is 8.78 Å². The first kappa shape index (κ1) is 14.9. The van der Waals surface area contributed by atoms with Crippen molar-refractivity contribution < 1.29 is 18.5 Å². The van der Waals surface area contributed by atoms with Crippen molar-refractivity contribution in [3.05, 3.63) is 68.7 Å². The first-order valence-electron chi connectivity index (χ1n) is 5.59. The molecule has 0 heterocycles. The summed E-state index contributed by atoms with van der Waals surface area (Å²) in [6.07, 6.45) is 0. The lowest BCUT2D eigenvalue weighted by atomic mass is 10.2. The summed E-state index contributed by atoms with van der Waals surface area (Å²) in [6.45, 7) is 0. The number of hydrogen-bond donors (Lipinski definition) is 1. The summed E-state index contributed by atoms with van der Waals surface area (Å²) >= 11 is 5.78. The Labute approximate surface area is 122 Å². The molecule has 0 fully saturated rings. The van der Waals surface area contributed by atoms with Crippen molar-refractivity contribution >= 4 is 28.9 Å². The Morgan fingerprint density at radius 3 is 2.38 bits per heavy atom. The Morgan fingerprint density at radius 2 is 1.81 bits per heavy atom. The largest absolute Gasteiger partial charge is 0.322 e. The van der Waals surface area contributed by atoms with E-state index in [0.29, 0.717) is 6.07 Å². The highest BCUT2D eigenvalue weighted by molar-refractivity contribution is 6.36. The zero-order valence-corrected chi connectivity index (χ0v) is 11.0. The number of halogens is 3. The maximum atomic E-state index is 13.0. The monoisotopic (exact) mass is 312 g/mol. The molecule has 0 bridgehead atoms. The molecule has 2 rings (SSSR count). The summed E-state index contributed by atoms with van der Waals surface area (Å²) in [5.74, 6) is -2.54. The minimum atomic E-state index is -0.865. The zero-order valence-electron chi connectivity index (χ0n) is 10.3. The molecule has 0 atom stereocenters. The van der Waals surface area contributed by atoms with Gasteiger partial charge in [0.05, 0.1) is 10.5 Å². The topological polar surface area (TPSA) is 72.2 Å². The third kappa shape index (κ3) is 3.32. The molecular weight excluding hydrogens is 306 g/mol. The minimum Gasteiger partial charge on any atom is -0.322 e. The second kappa shape index (κ2) is 5.84. The fourth-order valence-corrected chi connectivity index (χ4v) is 1.94. The number of rotatable bonds is 3. The van der Waals surface area contributed by atoms with Gasteiger partial charge in [-0.1, -0.05) is 17.7 Å². The standard InChI is InChI=1S/C13H7ClF2N2O3/c14-12-10(2-1-3-11(12)18(20)21)13(19)17-9-5-7(15)4-8(16)6-9/h1-6H,(H,17,19). The Hall–Kier alpha value is -2.54. The van der Waals surface area contributed by atoms with E-state index in [1.807, 2.05) is 0 Å². The second-order valence-electron chi connectivity index (χ2n) is 4.01. The molecule has 0 aliphatic carbocycles. The van der Waals surface area contributed by atoms with Gasteiger partial charge >= 0.3 is 0 Å². The van der Waals surface area contributed by atoms with Crippen LogP contribution in [0.4, 0.5) is 20.2 Å². The molecule has 21 heavy (non-hydrogen) atoms. The van der Waals surface area contributed by atoms with Crippen LogP contribution in [0.3, 0.4) is 0 Å². The summed E-state index contributed by atoms with van der Waals surface area (Å²) in [6, 6.07) is 6.15. The van der Waals surface area contributed by atoms with Crippen LogP contribution >= 0.6 is 11.6 Å². The number of nitro groups is 1. The maximum absolute atomic E-state index is 13.0. The van der Waals surface area contributed by atoms with Gasteiger partial charge in [0, 0.05) is 17.8 Å². The van der Waals surface area contributed by atoms with E-state index in [4.69, 9.17) is 11.6 Å². The van der Waals surface area contributed by atoms with Gasteiger partial charge in [-0.05, 0) is 18.2 Å². The molecule has 2 aromatic carbocycles. The van der Waals surface area contributed by atoms with Gasteiger partial charge in [0.1, 0.15) is 16.7 Å². The Bertz CT molecular complexity index is 717. The molecule has 2 aromatic rings. The molecule has 1 N–H and O–H groups in total. The van der Waals surface area contributed by atoms with Crippen LogP contribution in [0, 0.1) is 21.7 Å². The highest BCUT2D eigenvalue weighted by Gasteiger charge is 2.20. The quantitative estimate of drug-likeness (QED) is 0.692. The molecule has 0 saturated carbocycles. The van der Waals surface area contributed by atoms with Crippen LogP contribution in [0.2, 0.25) is 5.02 Å². The van der Waals surface area contributed by atoms with E-state index >= 15 is 0 Å². The number of carbonyl (C=O) groups excluding carboxylic acids is 1. The van der Waals surface area contributed by atoms with Crippen LogP contribution in [0.1, 0.15) is 10.4 Å². The van der Waals surface area contributed by atoms with Crippen molar-refractivity contribution in [3.8, 4) is 0 Å². The second-order valence-corrected chi connectivity index (χ2v) is 4.39. The van der Waals surface area contributed by atoms with E-state index in [-0.39, 0.29) is 16.3 Å². The van der Waals surface area contributed by atoms with Gasteiger partial charge in [-0.2, -0.15) is 0 Å². The highest BCUT2D eigenvalue weighted by Crippen LogP contribution is 2.28. The molecule has 0 aliphatic heterocycles. The van der Waals surface area contributed by atoms with Crippen LogP contribution in [0.5, 0.6) is 0 Å². The summed E-state index contributed by atoms with van der Waals surface area (Å²) < 4.78 is 26.0. The van der Waals surface area contributed by atoms with Crippen LogP contribution in [-0.2, 0) is 0 Å². The van der Waals surface area contributed by atoms with Gasteiger partial charge in [0.2, 0.25) is 0 Å².